The number of hydrogen-bond donors (Lipinski definition) is 1. The molecule has 5 nitrogen and oxygen atoms in total. The lowest BCUT2D eigenvalue weighted by Crippen LogP contribution is -2.01. The fraction of sp³-hybridized carbons (Fsp3) is 0.100. The number of benzene rings is 2. The SMILES string of the molecule is COc1cccc(C=NNc2ccccn2)c1OCc1ccc(Br)cc1. The van der Waals surface area contributed by atoms with Crippen molar-refractivity contribution in [2.75, 3.05) is 12.5 Å². The molecule has 6 heteroatoms. The Morgan fingerprint density at radius 1 is 1.08 bits per heavy atom. The van der Waals surface area contributed by atoms with Crippen LogP contribution in [-0.4, -0.2) is 18.3 Å². The predicted octanol–water partition coefficient (Wildman–Crippen LogP) is 4.88. The van der Waals surface area contributed by atoms with Gasteiger partial charge in [-0.25, -0.2) is 4.98 Å². The number of para-hydroxylation sites is 1. The number of anilines is 1. The van der Waals surface area contributed by atoms with E-state index < -0.39 is 0 Å². The van der Waals surface area contributed by atoms with E-state index in [0.29, 0.717) is 23.9 Å². The Kier molecular flexibility index (Phi) is 6.22. The highest BCUT2D eigenvalue weighted by atomic mass is 79.9. The maximum absolute atomic E-state index is 6.01. The van der Waals surface area contributed by atoms with Crippen molar-refractivity contribution in [2.45, 2.75) is 6.61 Å². The van der Waals surface area contributed by atoms with E-state index >= 15 is 0 Å². The van der Waals surface area contributed by atoms with Crippen LogP contribution in [0.25, 0.3) is 0 Å². The van der Waals surface area contributed by atoms with Crippen molar-refractivity contribution in [1.29, 1.82) is 0 Å². The highest BCUT2D eigenvalue weighted by Gasteiger charge is 2.09. The minimum absolute atomic E-state index is 0.433. The van der Waals surface area contributed by atoms with Crippen molar-refractivity contribution < 1.29 is 9.47 Å². The third-order valence-corrected chi connectivity index (χ3v) is 4.10. The van der Waals surface area contributed by atoms with Gasteiger partial charge >= 0.3 is 0 Å². The van der Waals surface area contributed by atoms with Gasteiger partial charge in [-0.3, -0.25) is 5.43 Å². The summed E-state index contributed by atoms with van der Waals surface area (Å²) in [6.45, 7) is 0.433. The van der Waals surface area contributed by atoms with E-state index in [4.69, 9.17) is 9.47 Å². The lowest BCUT2D eigenvalue weighted by atomic mass is 10.2. The summed E-state index contributed by atoms with van der Waals surface area (Å²) in [5, 5.41) is 4.24. The molecule has 0 saturated heterocycles. The third kappa shape index (κ3) is 4.83. The molecule has 2 aromatic carbocycles. The van der Waals surface area contributed by atoms with Crippen molar-refractivity contribution in [2.24, 2.45) is 5.10 Å². The Balaban J connectivity index is 1.75. The van der Waals surface area contributed by atoms with Gasteiger partial charge in [0.1, 0.15) is 12.4 Å². The second-order valence-corrected chi connectivity index (χ2v) is 6.29. The van der Waals surface area contributed by atoms with E-state index in [9.17, 15) is 0 Å². The van der Waals surface area contributed by atoms with Crippen LogP contribution in [0.4, 0.5) is 5.82 Å². The van der Waals surface area contributed by atoms with Crippen molar-refractivity contribution in [1.82, 2.24) is 4.98 Å². The number of hydrazone groups is 1. The van der Waals surface area contributed by atoms with Crippen molar-refractivity contribution in [3.05, 3.63) is 82.5 Å². The van der Waals surface area contributed by atoms with Gasteiger partial charge in [0.25, 0.3) is 0 Å². The first kappa shape index (κ1) is 17.9. The summed E-state index contributed by atoms with van der Waals surface area (Å²) in [6.07, 6.45) is 3.39. The highest BCUT2D eigenvalue weighted by Crippen LogP contribution is 2.31. The van der Waals surface area contributed by atoms with E-state index in [-0.39, 0.29) is 0 Å². The van der Waals surface area contributed by atoms with E-state index in [1.54, 1.807) is 19.5 Å². The molecule has 0 amide bonds. The number of methoxy groups -OCH3 is 1. The number of ether oxygens (including phenoxy) is 2. The van der Waals surface area contributed by atoms with Gasteiger partial charge < -0.3 is 9.47 Å². The van der Waals surface area contributed by atoms with Gasteiger partial charge in [0.2, 0.25) is 0 Å². The molecule has 0 aliphatic carbocycles. The summed E-state index contributed by atoms with van der Waals surface area (Å²) in [7, 11) is 1.62. The fourth-order valence-corrected chi connectivity index (χ4v) is 2.55. The summed E-state index contributed by atoms with van der Waals surface area (Å²) in [4.78, 5) is 4.16. The van der Waals surface area contributed by atoms with Crippen LogP contribution >= 0.6 is 15.9 Å². The molecule has 1 N–H and O–H groups in total. The fourth-order valence-electron chi connectivity index (χ4n) is 2.28. The number of pyridine rings is 1. The van der Waals surface area contributed by atoms with Crippen LogP contribution in [-0.2, 0) is 6.61 Å². The number of rotatable bonds is 7. The maximum Gasteiger partial charge on any atom is 0.170 e. The molecule has 132 valence electrons. The van der Waals surface area contributed by atoms with E-state index in [2.05, 4.69) is 31.4 Å². The molecule has 0 atom stereocenters. The largest absolute Gasteiger partial charge is 0.493 e. The zero-order chi connectivity index (χ0) is 18.2. The van der Waals surface area contributed by atoms with Gasteiger partial charge in [-0.1, -0.05) is 40.2 Å². The number of nitrogens with one attached hydrogen (secondary N) is 1. The molecular weight excluding hydrogens is 394 g/mol. The first-order valence-electron chi connectivity index (χ1n) is 8.00. The molecule has 0 spiro atoms. The van der Waals surface area contributed by atoms with Gasteiger partial charge in [-0.05, 0) is 42.0 Å². The Bertz CT molecular complexity index is 868. The van der Waals surface area contributed by atoms with Crippen LogP contribution in [0, 0.1) is 0 Å². The number of aromatic nitrogens is 1. The maximum atomic E-state index is 6.01. The number of nitrogens with zero attached hydrogens (tertiary/aromatic N) is 2. The smallest absolute Gasteiger partial charge is 0.170 e. The highest BCUT2D eigenvalue weighted by molar-refractivity contribution is 9.10. The van der Waals surface area contributed by atoms with Crippen LogP contribution in [0.5, 0.6) is 11.5 Å². The van der Waals surface area contributed by atoms with E-state index in [1.165, 1.54) is 0 Å². The second kappa shape index (κ2) is 9.01. The monoisotopic (exact) mass is 411 g/mol. The lowest BCUT2D eigenvalue weighted by molar-refractivity contribution is 0.284. The van der Waals surface area contributed by atoms with Crippen molar-refractivity contribution in [3.8, 4) is 11.5 Å². The predicted molar refractivity (Wildman–Crippen MR) is 107 cm³/mol. The first-order valence-corrected chi connectivity index (χ1v) is 8.80. The van der Waals surface area contributed by atoms with Gasteiger partial charge in [-0.15, -0.1) is 0 Å². The molecule has 0 bridgehead atoms. The summed E-state index contributed by atoms with van der Waals surface area (Å²) in [5.74, 6) is 1.97. The Morgan fingerprint density at radius 2 is 1.92 bits per heavy atom. The number of hydrogen-bond acceptors (Lipinski definition) is 5. The zero-order valence-electron chi connectivity index (χ0n) is 14.2. The molecule has 0 saturated carbocycles. The van der Waals surface area contributed by atoms with Crippen LogP contribution in [0.1, 0.15) is 11.1 Å². The van der Waals surface area contributed by atoms with Crippen LogP contribution in [0.15, 0.2) is 76.4 Å². The Labute approximate surface area is 160 Å². The Morgan fingerprint density at radius 3 is 2.65 bits per heavy atom. The van der Waals surface area contributed by atoms with Crippen molar-refractivity contribution in [3.63, 3.8) is 0 Å². The molecule has 1 heterocycles. The summed E-state index contributed by atoms with van der Waals surface area (Å²) in [6, 6.07) is 19.3. The minimum atomic E-state index is 0.433. The first-order chi connectivity index (χ1) is 12.8. The topological polar surface area (TPSA) is 55.7 Å². The minimum Gasteiger partial charge on any atom is -0.493 e. The molecule has 3 aromatic rings. The normalized spacial score (nSPS) is 10.7. The molecule has 26 heavy (non-hydrogen) atoms. The molecule has 0 fully saturated rings. The standard InChI is InChI=1S/C20H18BrN3O2/c1-25-18-6-4-5-16(13-23-24-19-7-2-3-12-22-19)20(18)26-14-15-8-10-17(21)11-9-15/h2-13H,14H2,1H3,(H,22,24). The average molecular weight is 412 g/mol. The van der Waals surface area contributed by atoms with E-state index in [0.717, 1.165) is 15.6 Å². The van der Waals surface area contributed by atoms with E-state index in [1.807, 2.05) is 60.7 Å². The third-order valence-electron chi connectivity index (χ3n) is 3.57. The van der Waals surface area contributed by atoms with Crippen LogP contribution in [0.2, 0.25) is 0 Å². The summed E-state index contributed by atoms with van der Waals surface area (Å²) < 4.78 is 12.5. The Hall–Kier alpha value is -2.86. The van der Waals surface area contributed by atoms with Gasteiger partial charge in [-0.2, -0.15) is 5.10 Å². The van der Waals surface area contributed by atoms with Gasteiger partial charge in [0.05, 0.1) is 13.3 Å². The molecule has 0 aliphatic rings. The molecule has 1 aromatic heterocycles. The number of halogens is 1. The molecule has 0 radical (unpaired) electrons. The molecular formula is C20H18BrN3O2. The molecule has 0 unspecified atom stereocenters. The molecule has 3 rings (SSSR count). The summed E-state index contributed by atoms with van der Waals surface area (Å²) >= 11 is 3.43. The second-order valence-electron chi connectivity index (χ2n) is 5.38. The van der Waals surface area contributed by atoms with Gasteiger partial charge in [0.15, 0.2) is 11.5 Å². The lowest BCUT2D eigenvalue weighted by Gasteiger charge is -2.13. The van der Waals surface area contributed by atoms with Crippen LogP contribution < -0.4 is 14.9 Å². The average Bonchev–Trinajstić information content (AvgIpc) is 2.69. The zero-order valence-corrected chi connectivity index (χ0v) is 15.8. The van der Waals surface area contributed by atoms with Crippen LogP contribution in [0.3, 0.4) is 0 Å². The van der Waals surface area contributed by atoms with Crippen molar-refractivity contribution >= 4 is 28.0 Å². The molecule has 0 aliphatic heterocycles. The quantitative estimate of drug-likeness (QED) is 0.444. The summed E-state index contributed by atoms with van der Waals surface area (Å²) in [5.41, 5.74) is 4.77. The van der Waals surface area contributed by atoms with Gasteiger partial charge in [0, 0.05) is 16.2 Å².